The Labute approximate surface area is 166 Å². The van der Waals surface area contributed by atoms with Crippen LogP contribution in [0.4, 0.5) is 0 Å². The number of aliphatic hydroxyl groups excluding tert-OH is 3. The Morgan fingerprint density at radius 3 is 2.71 bits per heavy atom. The summed E-state index contributed by atoms with van der Waals surface area (Å²) in [5, 5.41) is 30.7. The van der Waals surface area contributed by atoms with Gasteiger partial charge in [-0.3, -0.25) is 4.79 Å². The zero-order valence-electron chi connectivity index (χ0n) is 17.1. The molecule has 28 heavy (non-hydrogen) atoms. The van der Waals surface area contributed by atoms with E-state index in [0.717, 1.165) is 12.8 Å². The second-order valence-corrected chi connectivity index (χ2v) is 8.70. The predicted molar refractivity (Wildman–Crippen MR) is 102 cm³/mol. The Kier molecular flexibility index (Phi) is 6.04. The van der Waals surface area contributed by atoms with Crippen LogP contribution in [0.15, 0.2) is 23.3 Å². The average Bonchev–Trinajstić information content (AvgIpc) is 3.31. The van der Waals surface area contributed by atoms with Gasteiger partial charge in [0.05, 0.1) is 17.8 Å². The summed E-state index contributed by atoms with van der Waals surface area (Å²) in [7, 11) is 0. The van der Waals surface area contributed by atoms with Gasteiger partial charge in [-0.25, -0.2) is 0 Å². The van der Waals surface area contributed by atoms with Crippen molar-refractivity contribution in [2.45, 2.75) is 95.1 Å². The highest BCUT2D eigenvalue weighted by atomic mass is 16.7. The van der Waals surface area contributed by atoms with Crippen LogP contribution in [0.3, 0.4) is 0 Å². The van der Waals surface area contributed by atoms with Crippen LogP contribution >= 0.6 is 0 Å². The molecule has 3 aliphatic rings. The van der Waals surface area contributed by atoms with Gasteiger partial charge in [0.2, 0.25) is 0 Å². The molecule has 0 bridgehead atoms. The smallest absolute Gasteiger partial charge is 0.302 e. The minimum atomic E-state index is -0.869. The van der Waals surface area contributed by atoms with E-state index in [0.29, 0.717) is 24.0 Å². The molecule has 2 fully saturated rings. The van der Waals surface area contributed by atoms with E-state index in [1.54, 1.807) is 6.92 Å². The van der Waals surface area contributed by atoms with Gasteiger partial charge in [-0.1, -0.05) is 12.2 Å². The number of carbonyl (C=O) groups excluding carboxylic acids is 1. The van der Waals surface area contributed by atoms with E-state index < -0.39 is 41.6 Å². The van der Waals surface area contributed by atoms with Crippen molar-refractivity contribution in [1.29, 1.82) is 0 Å². The lowest BCUT2D eigenvalue weighted by atomic mass is 9.72. The third-order valence-electron chi connectivity index (χ3n) is 5.96. The van der Waals surface area contributed by atoms with Gasteiger partial charge in [0.1, 0.15) is 30.5 Å². The Morgan fingerprint density at radius 2 is 2.07 bits per heavy atom. The third kappa shape index (κ3) is 4.04. The highest BCUT2D eigenvalue weighted by molar-refractivity contribution is 5.66. The van der Waals surface area contributed by atoms with E-state index in [1.807, 2.05) is 26.0 Å². The van der Waals surface area contributed by atoms with Gasteiger partial charge in [0.25, 0.3) is 0 Å². The molecule has 6 atom stereocenters. The van der Waals surface area contributed by atoms with E-state index in [4.69, 9.17) is 14.2 Å². The van der Waals surface area contributed by atoms with Crippen molar-refractivity contribution in [3.8, 4) is 0 Å². The third-order valence-corrected chi connectivity index (χ3v) is 5.96. The highest BCUT2D eigenvalue weighted by Gasteiger charge is 2.72. The molecule has 0 aromatic rings. The molecule has 2 aliphatic heterocycles. The zero-order valence-corrected chi connectivity index (χ0v) is 17.1. The van der Waals surface area contributed by atoms with Crippen LogP contribution in [0.5, 0.6) is 0 Å². The summed E-state index contributed by atoms with van der Waals surface area (Å²) in [4.78, 5) is 11.4. The Hall–Kier alpha value is -1.25. The van der Waals surface area contributed by atoms with Crippen LogP contribution in [0, 0.1) is 0 Å². The van der Waals surface area contributed by atoms with Gasteiger partial charge in [-0.05, 0) is 45.6 Å². The maximum absolute atomic E-state index is 11.4. The number of aliphatic hydroxyl groups is 3. The lowest BCUT2D eigenvalue weighted by Gasteiger charge is -2.46. The molecule has 1 aliphatic carbocycles. The molecule has 7 nitrogen and oxygen atoms in total. The molecule has 7 heteroatoms. The molecule has 3 N–H and O–H groups in total. The predicted octanol–water partition coefficient (Wildman–Crippen LogP) is 1.39. The van der Waals surface area contributed by atoms with Gasteiger partial charge >= 0.3 is 5.97 Å². The largest absolute Gasteiger partial charge is 0.461 e. The minimum absolute atomic E-state index is 0.00835. The Balaban J connectivity index is 1.87. The van der Waals surface area contributed by atoms with Crippen molar-refractivity contribution >= 4 is 5.97 Å². The van der Waals surface area contributed by atoms with Gasteiger partial charge in [0.15, 0.2) is 0 Å². The Morgan fingerprint density at radius 1 is 1.36 bits per heavy atom. The summed E-state index contributed by atoms with van der Waals surface area (Å²) in [5.41, 5.74) is -0.215. The summed E-state index contributed by atoms with van der Waals surface area (Å²) in [6, 6.07) is 0. The summed E-state index contributed by atoms with van der Waals surface area (Å²) in [6.07, 6.45) is 3.61. The van der Waals surface area contributed by atoms with Gasteiger partial charge in [0, 0.05) is 18.9 Å². The van der Waals surface area contributed by atoms with Gasteiger partial charge in [-0.15, -0.1) is 0 Å². The van der Waals surface area contributed by atoms with Crippen LogP contribution in [0.25, 0.3) is 0 Å². The summed E-state index contributed by atoms with van der Waals surface area (Å²) >= 11 is 0. The molecule has 0 aromatic carbocycles. The van der Waals surface area contributed by atoms with Crippen molar-refractivity contribution in [3.05, 3.63) is 23.3 Å². The maximum Gasteiger partial charge on any atom is 0.302 e. The minimum Gasteiger partial charge on any atom is -0.461 e. The van der Waals surface area contributed by atoms with E-state index in [9.17, 15) is 20.1 Å². The molecule has 2 heterocycles. The average molecular weight is 396 g/mol. The molecule has 0 radical (unpaired) electrons. The number of epoxide rings is 1. The number of esters is 1. The van der Waals surface area contributed by atoms with E-state index >= 15 is 0 Å². The molecule has 0 amide bonds. The highest BCUT2D eigenvalue weighted by Crippen LogP contribution is 2.58. The fraction of sp³-hybridized carbons (Fsp3) is 0.762. The quantitative estimate of drug-likeness (QED) is 0.339. The summed E-state index contributed by atoms with van der Waals surface area (Å²) in [5.74, 6) is -0.412. The molecule has 3 rings (SSSR count). The molecule has 0 saturated carbocycles. The van der Waals surface area contributed by atoms with Crippen LogP contribution in [-0.2, 0) is 19.0 Å². The van der Waals surface area contributed by atoms with Crippen LogP contribution in [0.2, 0.25) is 0 Å². The van der Waals surface area contributed by atoms with Crippen LogP contribution in [0.1, 0.15) is 53.4 Å². The number of unbranched alkanes of at least 4 members (excludes halogenated alkanes) is 1. The standard InChI is InChI=1S/C21H32O7/c1-12(22)8-6-5-7-9-14-15(11-26-13(2)23)18-21(19(28-21)17(14)25)10-16(24)20(3,4)27-18/h7,9,12,16-19,22,24-25H,5-6,8,10-11H2,1-4H3. The normalized spacial score (nSPS) is 37.4. The van der Waals surface area contributed by atoms with Crippen molar-refractivity contribution < 1.29 is 34.3 Å². The number of rotatable bonds is 7. The van der Waals surface area contributed by atoms with Crippen LogP contribution < -0.4 is 0 Å². The first-order valence-corrected chi connectivity index (χ1v) is 10.0. The first-order chi connectivity index (χ1) is 13.1. The number of allylic oxidation sites excluding steroid dienone is 1. The molecule has 1 spiro atoms. The first kappa shape index (κ1) is 21.5. The molecule has 158 valence electrons. The monoisotopic (exact) mass is 396 g/mol. The van der Waals surface area contributed by atoms with Crippen molar-refractivity contribution in [2.75, 3.05) is 6.61 Å². The number of carbonyl (C=O) groups is 1. The second-order valence-electron chi connectivity index (χ2n) is 8.70. The van der Waals surface area contributed by atoms with E-state index in [-0.39, 0.29) is 12.7 Å². The molecule has 2 saturated heterocycles. The van der Waals surface area contributed by atoms with Crippen LogP contribution in [-0.4, -0.2) is 69.6 Å². The lowest BCUT2D eigenvalue weighted by molar-refractivity contribution is -0.191. The number of hydrogen-bond acceptors (Lipinski definition) is 7. The zero-order chi connectivity index (χ0) is 20.7. The number of hydrogen-bond donors (Lipinski definition) is 3. The fourth-order valence-corrected chi connectivity index (χ4v) is 4.20. The SMILES string of the molecule is CC(=O)OCC1=C(C=CCCCC(C)O)C(O)C2OC23CC(O)C(C)(C)OC13. The van der Waals surface area contributed by atoms with Crippen molar-refractivity contribution in [3.63, 3.8) is 0 Å². The molecule has 6 unspecified atom stereocenters. The van der Waals surface area contributed by atoms with Gasteiger partial charge in [-0.2, -0.15) is 0 Å². The molecular formula is C21H32O7. The first-order valence-electron chi connectivity index (χ1n) is 10.0. The second kappa shape index (κ2) is 7.88. The Bertz CT molecular complexity index is 666. The molecular weight excluding hydrogens is 364 g/mol. The summed E-state index contributed by atoms with van der Waals surface area (Å²) < 4.78 is 17.4. The van der Waals surface area contributed by atoms with E-state index in [2.05, 4.69) is 0 Å². The van der Waals surface area contributed by atoms with E-state index in [1.165, 1.54) is 6.92 Å². The molecule has 0 aromatic heterocycles. The maximum atomic E-state index is 11.4. The van der Waals surface area contributed by atoms with Crippen molar-refractivity contribution in [2.24, 2.45) is 0 Å². The number of ether oxygens (including phenoxy) is 3. The van der Waals surface area contributed by atoms with Crippen molar-refractivity contribution in [1.82, 2.24) is 0 Å². The van der Waals surface area contributed by atoms with Gasteiger partial charge < -0.3 is 29.5 Å². The summed E-state index contributed by atoms with van der Waals surface area (Å²) in [6.45, 7) is 6.75. The lowest BCUT2D eigenvalue weighted by Crippen LogP contribution is -2.59. The topological polar surface area (TPSA) is 109 Å². The fourth-order valence-electron chi connectivity index (χ4n) is 4.20.